The summed E-state index contributed by atoms with van der Waals surface area (Å²) >= 11 is 0. The average molecular weight is 306 g/mol. The molecule has 2 aromatic rings. The summed E-state index contributed by atoms with van der Waals surface area (Å²) in [4.78, 5) is 13.0. The summed E-state index contributed by atoms with van der Waals surface area (Å²) in [7, 11) is 0. The quantitative estimate of drug-likeness (QED) is 0.713. The summed E-state index contributed by atoms with van der Waals surface area (Å²) < 4.78 is 7.14. The Morgan fingerprint density at radius 1 is 1.18 bits per heavy atom. The lowest BCUT2D eigenvalue weighted by Gasteiger charge is -2.24. The molecule has 2 fully saturated rings. The van der Waals surface area contributed by atoms with Crippen molar-refractivity contribution in [3.8, 4) is 0 Å². The van der Waals surface area contributed by atoms with Crippen LogP contribution in [-0.2, 0) is 4.74 Å². The van der Waals surface area contributed by atoms with E-state index in [-0.39, 0.29) is 6.61 Å². The molecule has 0 spiro atoms. The highest BCUT2D eigenvalue weighted by Crippen LogP contribution is 2.38. The van der Waals surface area contributed by atoms with Crippen LogP contribution >= 0.6 is 0 Å². The first-order valence-corrected chi connectivity index (χ1v) is 7.50. The number of aromatic nitrogens is 4. The van der Waals surface area contributed by atoms with Crippen molar-refractivity contribution in [1.82, 2.24) is 19.5 Å². The van der Waals surface area contributed by atoms with Crippen LogP contribution in [0.1, 0.15) is 37.1 Å². The van der Waals surface area contributed by atoms with Gasteiger partial charge in [0, 0.05) is 5.92 Å². The van der Waals surface area contributed by atoms with Gasteiger partial charge in [-0.05, 0) is 12.8 Å². The van der Waals surface area contributed by atoms with Crippen LogP contribution in [0.4, 0.5) is 0 Å². The molecule has 22 heavy (non-hydrogen) atoms. The smallest absolute Gasteiger partial charge is 0.165 e. The second-order valence-electron chi connectivity index (χ2n) is 5.94. The van der Waals surface area contributed by atoms with Gasteiger partial charge in [-0.25, -0.2) is 15.0 Å². The highest BCUT2D eigenvalue weighted by Gasteiger charge is 2.44. The first-order valence-electron chi connectivity index (χ1n) is 7.50. The Morgan fingerprint density at radius 3 is 2.64 bits per heavy atom. The molecule has 0 unspecified atom stereocenters. The topological polar surface area (TPSA) is 114 Å². The third-order valence-corrected chi connectivity index (χ3v) is 4.67. The molecule has 1 aliphatic heterocycles. The van der Waals surface area contributed by atoms with Crippen molar-refractivity contribution in [1.29, 1.82) is 0 Å². The number of imidazole rings is 1. The highest BCUT2D eigenvalue weighted by atomic mass is 16.6. The molecule has 1 saturated carbocycles. The Hall–Kier alpha value is -1.61. The van der Waals surface area contributed by atoms with Gasteiger partial charge in [-0.15, -0.1) is 0 Å². The lowest BCUT2D eigenvalue weighted by molar-refractivity contribution is -0.0511. The van der Waals surface area contributed by atoms with Gasteiger partial charge >= 0.3 is 0 Å². The Balaban J connectivity index is 1.74. The first-order chi connectivity index (χ1) is 10.7. The number of rotatable bonds is 3. The van der Waals surface area contributed by atoms with E-state index in [0.717, 1.165) is 18.5 Å². The lowest BCUT2D eigenvalue weighted by Crippen LogP contribution is -2.33. The number of fused-ring (bicyclic) bond motifs is 1. The molecule has 1 aliphatic carbocycles. The molecule has 0 amide bonds. The van der Waals surface area contributed by atoms with E-state index in [4.69, 9.17) is 4.74 Å². The molecule has 0 bridgehead atoms. The minimum atomic E-state index is -1.14. The molecule has 8 heteroatoms. The molecule has 1 saturated heterocycles. The van der Waals surface area contributed by atoms with Crippen molar-refractivity contribution in [2.75, 3.05) is 6.61 Å². The summed E-state index contributed by atoms with van der Waals surface area (Å²) in [6, 6.07) is 0. The van der Waals surface area contributed by atoms with Gasteiger partial charge in [0.05, 0.1) is 18.6 Å². The maximum atomic E-state index is 10.1. The molecule has 8 nitrogen and oxygen atoms in total. The Morgan fingerprint density at radius 2 is 2.00 bits per heavy atom. The number of nitrogens with zero attached hydrogens (tertiary/aromatic N) is 4. The summed E-state index contributed by atoms with van der Waals surface area (Å²) in [5, 5.41) is 29.2. The van der Waals surface area contributed by atoms with Crippen molar-refractivity contribution in [3.05, 3.63) is 18.3 Å². The predicted molar refractivity (Wildman–Crippen MR) is 74.9 cm³/mol. The molecular formula is C14H18N4O4. The molecular weight excluding hydrogens is 288 g/mol. The van der Waals surface area contributed by atoms with E-state index < -0.39 is 24.5 Å². The number of hydrogen-bond acceptors (Lipinski definition) is 7. The van der Waals surface area contributed by atoms with Crippen LogP contribution in [0.15, 0.2) is 12.7 Å². The van der Waals surface area contributed by atoms with Crippen molar-refractivity contribution >= 4 is 11.2 Å². The van der Waals surface area contributed by atoms with Crippen LogP contribution in [0.3, 0.4) is 0 Å². The Bertz CT molecular complexity index is 687. The van der Waals surface area contributed by atoms with Gasteiger partial charge in [-0.1, -0.05) is 6.42 Å². The summed E-state index contributed by atoms with van der Waals surface area (Å²) in [6.07, 6.45) is 2.53. The standard InChI is InChI=1S/C14H18N4O4/c19-4-8-11(20)12(21)14(22-8)18-6-17-10-9(7-2-1-3-7)15-5-16-13(10)18/h5-8,11-12,14,19-21H,1-4H2/t8-,11-,12-,14-/m1/s1. The van der Waals surface area contributed by atoms with Gasteiger partial charge in [0.15, 0.2) is 11.9 Å². The third-order valence-electron chi connectivity index (χ3n) is 4.67. The fourth-order valence-electron chi connectivity index (χ4n) is 3.15. The van der Waals surface area contributed by atoms with Gasteiger partial charge in [-0.3, -0.25) is 4.57 Å². The van der Waals surface area contributed by atoms with Crippen LogP contribution < -0.4 is 0 Å². The zero-order chi connectivity index (χ0) is 15.3. The van der Waals surface area contributed by atoms with E-state index >= 15 is 0 Å². The number of hydrogen-bond donors (Lipinski definition) is 3. The SMILES string of the molecule is OC[C@H]1O[C@@H](n2cnc3c(C4CCC4)ncnc32)[C@H](O)[C@@H]1O. The summed E-state index contributed by atoms with van der Waals surface area (Å²) in [5.74, 6) is 0.416. The fourth-order valence-corrected chi connectivity index (χ4v) is 3.15. The summed E-state index contributed by atoms with van der Waals surface area (Å²) in [6.45, 7) is -0.357. The van der Waals surface area contributed by atoms with E-state index in [1.165, 1.54) is 12.7 Å². The predicted octanol–water partition coefficient (Wildman–Crippen LogP) is -0.295. The largest absolute Gasteiger partial charge is 0.394 e. The van der Waals surface area contributed by atoms with E-state index in [9.17, 15) is 15.3 Å². The van der Waals surface area contributed by atoms with Gasteiger partial charge in [0.1, 0.15) is 30.2 Å². The second kappa shape index (κ2) is 5.24. The van der Waals surface area contributed by atoms with E-state index in [1.807, 2.05) is 0 Å². The molecule has 0 aromatic carbocycles. The minimum absolute atomic E-state index is 0.357. The number of aliphatic hydroxyl groups excluding tert-OH is 3. The number of ether oxygens (including phenoxy) is 1. The third kappa shape index (κ3) is 1.95. The van der Waals surface area contributed by atoms with E-state index in [0.29, 0.717) is 17.1 Å². The molecule has 2 aliphatic rings. The van der Waals surface area contributed by atoms with Gasteiger partial charge in [0.2, 0.25) is 0 Å². The normalized spacial score (nSPS) is 32.5. The number of aliphatic hydroxyl groups is 3. The maximum absolute atomic E-state index is 10.1. The van der Waals surface area contributed by atoms with Crippen LogP contribution in [0, 0.1) is 0 Å². The van der Waals surface area contributed by atoms with E-state index in [2.05, 4.69) is 15.0 Å². The van der Waals surface area contributed by atoms with Crippen molar-refractivity contribution in [3.63, 3.8) is 0 Å². The molecule has 2 aromatic heterocycles. The Labute approximate surface area is 126 Å². The molecule has 4 rings (SSSR count). The molecule has 4 atom stereocenters. The zero-order valence-corrected chi connectivity index (χ0v) is 11.9. The first kappa shape index (κ1) is 14.0. The van der Waals surface area contributed by atoms with Gasteiger partial charge in [-0.2, -0.15) is 0 Å². The van der Waals surface area contributed by atoms with Crippen LogP contribution in [-0.4, -0.2) is 59.8 Å². The van der Waals surface area contributed by atoms with Crippen LogP contribution in [0.25, 0.3) is 11.2 Å². The zero-order valence-electron chi connectivity index (χ0n) is 11.9. The highest BCUT2D eigenvalue weighted by molar-refractivity contribution is 5.74. The van der Waals surface area contributed by atoms with Crippen molar-refractivity contribution < 1.29 is 20.1 Å². The molecule has 3 N–H and O–H groups in total. The molecule has 118 valence electrons. The van der Waals surface area contributed by atoms with Crippen LogP contribution in [0.5, 0.6) is 0 Å². The minimum Gasteiger partial charge on any atom is -0.394 e. The molecule has 3 heterocycles. The average Bonchev–Trinajstić information content (AvgIpc) is 3.01. The second-order valence-corrected chi connectivity index (χ2v) is 5.94. The van der Waals surface area contributed by atoms with Crippen molar-refractivity contribution in [2.24, 2.45) is 0 Å². The van der Waals surface area contributed by atoms with Gasteiger partial charge in [0.25, 0.3) is 0 Å². The van der Waals surface area contributed by atoms with Crippen LogP contribution in [0.2, 0.25) is 0 Å². The van der Waals surface area contributed by atoms with Gasteiger partial charge < -0.3 is 20.1 Å². The van der Waals surface area contributed by atoms with E-state index in [1.54, 1.807) is 10.9 Å². The Kier molecular flexibility index (Phi) is 3.33. The maximum Gasteiger partial charge on any atom is 0.165 e. The monoisotopic (exact) mass is 306 g/mol. The lowest BCUT2D eigenvalue weighted by atomic mass is 9.82. The molecule has 0 radical (unpaired) electrons. The van der Waals surface area contributed by atoms with Crippen molar-refractivity contribution in [2.45, 2.75) is 49.7 Å². The summed E-state index contributed by atoms with van der Waals surface area (Å²) in [5.41, 5.74) is 2.22. The fraction of sp³-hybridized carbons (Fsp3) is 0.643.